The summed E-state index contributed by atoms with van der Waals surface area (Å²) in [4.78, 5) is 27.2. The summed E-state index contributed by atoms with van der Waals surface area (Å²) in [6, 6.07) is 8.96. The van der Waals surface area contributed by atoms with Crippen LogP contribution in [0.2, 0.25) is 0 Å². The Balaban J connectivity index is 1.46. The number of piperidine rings is 1. The van der Waals surface area contributed by atoms with Crippen molar-refractivity contribution in [3.8, 4) is 0 Å². The van der Waals surface area contributed by atoms with Gasteiger partial charge < -0.3 is 19.5 Å². The second kappa shape index (κ2) is 11.9. The molecular formula is C25H29N7O6S2. The van der Waals surface area contributed by atoms with Gasteiger partial charge in [-0.25, -0.2) is 8.42 Å². The minimum absolute atomic E-state index is 0.0619. The van der Waals surface area contributed by atoms with Crippen molar-refractivity contribution in [1.29, 1.82) is 0 Å². The van der Waals surface area contributed by atoms with Crippen LogP contribution in [0.25, 0.3) is 0 Å². The predicted molar refractivity (Wildman–Crippen MR) is 148 cm³/mol. The van der Waals surface area contributed by atoms with Gasteiger partial charge >= 0.3 is 0 Å². The predicted octanol–water partition coefficient (Wildman–Crippen LogP) is 3.14. The lowest BCUT2D eigenvalue weighted by Gasteiger charge is -2.31. The van der Waals surface area contributed by atoms with E-state index in [0.717, 1.165) is 44.1 Å². The summed E-state index contributed by atoms with van der Waals surface area (Å²) >= 11 is 1.07. The molecule has 3 heterocycles. The number of amides is 1. The first-order chi connectivity index (χ1) is 19.2. The molecular weight excluding hydrogens is 558 g/mol. The molecule has 2 aromatic carbocycles. The summed E-state index contributed by atoms with van der Waals surface area (Å²) in [5.41, 5.74) is 0.861. The highest BCUT2D eigenvalue weighted by molar-refractivity contribution is 7.99. The molecule has 0 bridgehead atoms. The number of benzene rings is 2. The van der Waals surface area contributed by atoms with E-state index in [9.17, 15) is 23.3 Å². The summed E-state index contributed by atoms with van der Waals surface area (Å²) in [5.74, 6) is -0.586. The maximum atomic E-state index is 13.4. The van der Waals surface area contributed by atoms with E-state index in [0.29, 0.717) is 34.6 Å². The molecule has 0 atom stereocenters. The average molecular weight is 588 g/mol. The van der Waals surface area contributed by atoms with Gasteiger partial charge in [0.1, 0.15) is 6.33 Å². The van der Waals surface area contributed by atoms with Crippen LogP contribution >= 0.6 is 11.8 Å². The Morgan fingerprint density at radius 2 is 1.82 bits per heavy atom. The number of ether oxygens (including phenoxy) is 1. The first-order valence-electron chi connectivity index (χ1n) is 12.8. The van der Waals surface area contributed by atoms with Gasteiger partial charge in [-0.15, -0.1) is 10.2 Å². The molecule has 2 fully saturated rings. The summed E-state index contributed by atoms with van der Waals surface area (Å²) in [5, 5.41) is 22.9. The zero-order chi connectivity index (χ0) is 28.3. The molecule has 5 rings (SSSR count). The quantitative estimate of drug-likeness (QED) is 0.307. The number of anilines is 2. The van der Waals surface area contributed by atoms with Crippen LogP contribution in [-0.4, -0.2) is 77.7 Å². The van der Waals surface area contributed by atoms with Crippen molar-refractivity contribution in [3.05, 3.63) is 58.4 Å². The highest BCUT2D eigenvalue weighted by atomic mass is 32.2. The van der Waals surface area contributed by atoms with Gasteiger partial charge in [0.25, 0.3) is 11.6 Å². The van der Waals surface area contributed by atoms with E-state index < -0.39 is 20.9 Å². The molecule has 0 spiro atoms. The number of rotatable bonds is 8. The Morgan fingerprint density at radius 3 is 2.50 bits per heavy atom. The van der Waals surface area contributed by atoms with Gasteiger partial charge in [0.15, 0.2) is 5.16 Å². The standard InChI is InChI=1S/C25H29N7O6S2/c1-29-17-26-28-25(29)39-23-8-5-18(15-22(23)32(34)35)24(33)27-20-16-19(40(36,37)31-11-13-38-14-12-31)6-7-21(20)30-9-3-2-4-10-30/h5-8,15-17H,2-4,9-14H2,1H3,(H,27,33). The maximum Gasteiger partial charge on any atom is 0.284 e. The number of nitro benzene ring substituents is 1. The first-order valence-corrected chi connectivity index (χ1v) is 15.1. The van der Waals surface area contributed by atoms with Crippen molar-refractivity contribution in [2.75, 3.05) is 49.6 Å². The third-order valence-corrected chi connectivity index (χ3v) is 9.82. The van der Waals surface area contributed by atoms with Crippen molar-refractivity contribution < 1.29 is 22.9 Å². The fraction of sp³-hybridized carbons (Fsp3) is 0.400. The number of nitro groups is 1. The van der Waals surface area contributed by atoms with Crippen LogP contribution < -0.4 is 10.2 Å². The lowest BCUT2D eigenvalue weighted by atomic mass is 10.1. The van der Waals surface area contributed by atoms with Crippen LogP contribution in [-0.2, 0) is 21.8 Å². The molecule has 2 aliphatic rings. The van der Waals surface area contributed by atoms with Gasteiger partial charge in [-0.05, 0) is 61.4 Å². The molecule has 0 radical (unpaired) electrons. The van der Waals surface area contributed by atoms with Crippen molar-refractivity contribution >= 4 is 44.8 Å². The largest absolute Gasteiger partial charge is 0.379 e. The van der Waals surface area contributed by atoms with Crippen LogP contribution in [0, 0.1) is 10.1 Å². The van der Waals surface area contributed by atoms with E-state index in [4.69, 9.17) is 4.74 Å². The lowest BCUT2D eigenvalue weighted by molar-refractivity contribution is -0.387. The summed E-state index contributed by atoms with van der Waals surface area (Å²) in [6.07, 6.45) is 4.56. The molecule has 1 amide bonds. The smallest absolute Gasteiger partial charge is 0.284 e. The van der Waals surface area contributed by atoms with Crippen molar-refractivity contribution in [3.63, 3.8) is 0 Å². The number of nitrogens with zero attached hydrogens (tertiary/aromatic N) is 6. The summed E-state index contributed by atoms with van der Waals surface area (Å²) in [6.45, 7) is 2.69. The SMILES string of the molecule is Cn1cnnc1Sc1ccc(C(=O)Nc2cc(S(=O)(=O)N3CCOCC3)ccc2N2CCCCC2)cc1[N+](=O)[O-]. The van der Waals surface area contributed by atoms with E-state index >= 15 is 0 Å². The summed E-state index contributed by atoms with van der Waals surface area (Å²) in [7, 11) is -2.08. The number of sulfonamides is 1. The number of nitrogens with one attached hydrogen (secondary N) is 1. The Kier molecular flexibility index (Phi) is 8.35. The molecule has 0 aliphatic carbocycles. The lowest BCUT2D eigenvalue weighted by Crippen LogP contribution is -2.40. The van der Waals surface area contributed by atoms with E-state index in [2.05, 4.69) is 20.4 Å². The van der Waals surface area contributed by atoms with Crippen molar-refractivity contribution in [1.82, 2.24) is 19.1 Å². The third-order valence-electron chi connectivity index (χ3n) is 6.81. The van der Waals surface area contributed by atoms with Gasteiger partial charge in [0.2, 0.25) is 10.0 Å². The van der Waals surface area contributed by atoms with Crippen LogP contribution in [0.5, 0.6) is 0 Å². The third kappa shape index (κ3) is 5.96. The molecule has 40 heavy (non-hydrogen) atoms. The molecule has 1 N–H and O–H groups in total. The highest BCUT2D eigenvalue weighted by Crippen LogP contribution is 2.36. The van der Waals surface area contributed by atoms with Crippen LogP contribution in [0.3, 0.4) is 0 Å². The van der Waals surface area contributed by atoms with Gasteiger partial charge in [0.05, 0.1) is 39.3 Å². The zero-order valence-electron chi connectivity index (χ0n) is 21.9. The fourth-order valence-corrected chi connectivity index (χ4v) is 6.95. The van der Waals surface area contributed by atoms with Gasteiger partial charge in [-0.3, -0.25) is 14.9 Å². The van der Waals surface area contributed by atoms with E-state index in [1.807, 2.05) is 0 Å². The van der Waals surface area contributed by atoms with E-state index in [1.165, 1.54) is 34.9 Å². The van der Waals surface area contributed by atoms with Crippen LogP contribution in [0.15, 0.2) is 57.7 Å². The number of hydrogen-bond acceptors (Lipinski definition) is 10. The number of carbonyl (C=O) groups excluding carboxylic acids is 1. The van der Waals surface area contributed by atoms with Gasteiger partial charge in [-0.1, -0.05) is 0 Å². The molecule has 15 heteroatoms. The summed E-state index contributed by atoms with van der Waals surface area (Å²) < 4.78 is 35.0. The maximum absolute atomic E-state index is 13.4. The minimum Gasteiger partial charge on any atom is -0.379 e. The molecule has 2 saturated heterocycles. The molecule has 212 valence electrons. The average Bonchev–Trinajstić information content (AvgIpc) is 3.37. The normalized spacial score (nSPS) is 16.6. The van der Waals surface area contributed by atoms with Crippen molar-refractivity contribution in [2.24, 2.45) is 7.05 Å². The van der Waals surface area contributed by atoms with Crippen LogP contribution in [0.1, 0.15) is 29.6 Å². The minimum atomic E-state index is -3.81. The molecule has 0 unspecified atom stereocenters. The first kappa shape index (κ1) is 28.0. The zero-order valence-corrected chi connectivity index (χ0v) is 23.5. The second-order valence-electron chi connectivity index (χ2n) is 9.46. The molecule has 0 saturated carbocycles. The molecule has 1 aromatic heterocycles. The second-order valence-corrected chi connectivity index (χ2v) is 12.4. The Labute approximate surface area is 235 Å². The van der Waals surface area contributed by atoms with E-state index in [-0.39, 0.29) is 29.2 Å². The Hall–Kier alpha value is -3.53. The highest BCUT2D eigenvalue weighted by Gasteiger charge is 2.28. The molecule has 2 aliphatic heterocycles. The monoisotopic (exact) mass is 587 g/mol. The molecule has 13 nitrogen and oxygen atoms in total. The molecule has 3 aromatic rings. The number of morpholine rings is 1. The number of carbonyl (C=O) groups is 1. The fourth-order valence-electron chi connectivity index (χ4n) is 4.67. The van der Waals surface area contributed by atoms with Crippen molar-refractivity contribution in [2.45, 2.75) is 34.2 Å². The topological polar surface area (TPSA) is 153 Å². The van der Waals surface area contributed by atoms with Crippen LogP contribution in [0.4, 0.5) is 17.1 Å². The number of aryl methyl sites for hydroxylation is 1. The number of hydrogen-bond donors (Lipinski definition) is 1. The Bertz CT molecular complexity index is 1520. The van der Waals surface area contributed by atoms with Gasteiger partial charge in [0, 0.05) is 44.9 Å². The Morgan fingerprint density at radius 1 is 1.07 bits per heavy atom. The van der Waals surface area contributed by atoms with Gasteiger partial charge in [-0.2, -0.15) is 4.31 Å². The number of aromatic nitrogens is 3. The van der Waals surface area contributed by atoms with E-state index in [1.54, 1.807) is 23.7 Å².